The predicted octanol–water partition coefficient (Wildman–Crippen LogP) is 2.88. The van der Waals surface area contributed by atoms with Crippen molar-refractivity contribution in [2.75, 3.05) is 0 Å². The second kappa shape index (κ2) is 8.33. The van der Waals surface area contributed by atoms with Crippen LogP contribution in [0.4, 0.5) is 0 Å². The van der Waals surface area contributed by atoms with Crippen molar-refractivity contribution in [3.05, 3.63) is 30.3 Å². The van der Waals surface area contributed by atoms with E-state index in [1.807, 2.05) is 30.3 Å². The normalized spacial score (nSPS) is 7.10. The predicted molar refractivity (Wildman–Crippen MR) is 53.6 cm³/mol. The van der Waals surface area contributed by atoms with Crippen LogP contribution in [0.1, 0.15) is 0 Å². The van der Waals surface area contributed by atoms with Gasteiger partial charge in [-0.1, -0.05) is 30.3 Å². The van der Waals surface area contributed by atoms with Crippen molar-refractivity contribution in [1.82, 2.24) is 0 Å². The summed E-state index contributed by atoms with van der Waals surface area (Å²) in [7, 11) is 2.63. The fraction of sp³-hybridized carbons (Fsp3) is 0. The van der Waals surface area contributed by atoms with Gasteiger partial charge in [-0.15, -0.1) is 9.24 Å². The molecule has 0 heterocycles. The van der Waals surface area contributed by atoms with E-state index in [0.717, 1.165) is 0 Å². The average Bonchev–Trinajstić information content (AvgIpc) is 1.91. The molecule has 1 atom stereocenters. The third kappa shape index (κ3) is 7.34. The number of rotatable bonds is 0. The van der Waals surface area contributed by atoms with Crippen molar-refractivity contribution in [2.45, 2.75) is 0 Å². The van der Waals surface area contributed by atoms with E-state index in [0.29, 0.717) is 0 Å². The second-order valence-electron chi connectivity index (χ2n) is 1.51. The second-order valence-corrected chi connectivity index (χ2v) is 16.2. The van der Waals surface area contributed by atoms with Gasteiger partial charge in [-0.2, -0.15) is 0 Å². The first-order valence-corrected chi connectivity index (χ1v) is 17.2. The number of hydrogen-bond acceptors (Lipinski definition) is 0. The molecule has 0 aromatic heterocycles. The minimum absolute atomic E-state index is 0.250. The monoisotopic (exact) mass is 332 g/mol. The molecule has 0 bridgehead atoms. The van der Waals surface area contributed by atoms with E-state index >= 15 is 0 Å². The number of benzene rings is 1. The molecule has 0 aliphatic heterocycles. The van der Waals surface area contributed by atoms with E-state index < -0.39 is 0 Å². The standard InChI is InChI=1S/C6H7P.2BrH.Zn/c7-6-4-2-1-3-5-6;;;/h1-5H,7H2;2*1H;/q;;;+2/p-2. The van der Waals surface area contributed by atoms with Gasteiger partial charge < -0.3 is 0 Å². The summed E-state index contributed by atoms with van der Waals surface area (Å²) in [6.07, 6.45) is 0. The molecule has 0 spiro atoms. The Balaban J connectivity index is 0.000000236. The molecule has 10 heavy (non-hydrogen) atoms. The van der Waals surface area contributed by atoms with Gasteiger partial charge in [0.05, 0.1) is 0 Å². The van der Waals surface area contributed by atoms with E-state index in [1.54, 1.807) is 0 Å². The summed E-state index contributed by atoms with van der Waals surface area (Å²) in [5.41, 5.74) is 0. The van der Waals surface area contributed by atoms with Gasteiger partial charge in [0.2, 0.25) is 0 Å². The van der Waals surface area contributed by atoms with Crippen molar-refractivity contribution in [2.24, 2.45) is 0 Å². The molecule has 0 saturated heterocycles. The van der Waals surface area contributed by atoms with E-state index in [2.05, 4.69) is 36.5 Å². The quantitative estimate of drug-likeness (QED) is 0.505. The summed E-state index contributed by atoms with van der Waals surface area (Å²) < 4.78 is 0. The molecule has 1 aromatic carbocycles. The third-order valence-corrected chi connectivity index (χ3v) is 1.18. The molecular formula is C6H7Br2PZn. The Morgan fingerprint density at radius 3 is 1.70 bits per heavy atom. The Kier molecular flexibility index (Phi) is 9.36. The molecule has 0 fully saturated rings. The van der Waals surface area contributed by atoms with Crippen molar-refractivity contribution in [3.63, 3.8) is 0 Å². The summed E-state index contributed by atoms with van der Waals surface area (Å²) in [5, 5.41) is 1.24. The van der Waals surface area contributed by atoms with Crippen LogP contribution in [0.5, 0.6) is 0 Å². The summed E-state index contributed by atoms with van der Waals surface area (Å²) in [4.78, 5) is 0. The Hall–Kier alpha value is 1.23. The number of hydrogen-bond donors (Lipinski definition) is 0. The van der Waals surface area contributed by atoms with Crippen LogP contribution in [0.3, 0.4) is 0 Å². The minimum atomic E-state index is -0.250. The van der Waals surface area contributed by atoms with Gasteiger partial charge >= 0.3 is 40.5 Å². The molecule has 52 valence electrons. The summed E-state index contributed by atoms with van der Waals surface area (Å²) >= 11 is 6.25. The van der Waals surface area contributed by atoms with Crippen molar-refractivity contribution >= 4 is 41.8 Å². The van der Waals surface area contributed by atoms with Crippen LogP contribution < -0.4 is 5.30 Å². The third-order valence-electron chi connectivity index (χ3n) is 0.800. The average molecular weight is 335 g/mol. The molecule has 0 aliphatic carbocycles. The molecule has 0 nitrogen and oxygen atoms in total. The Morgan fingerprint density at radius 1 is 1.10 bits per heavy atom. The molecule has 1 rings (SSSR count). The van der Waals surface area contributed by atoms with Crippen LogP contribution in [0.25, 0.3) is 0 Å². The molecule has 0 aliphatic rings. The van der Waals surface area contributed by atoms with E-state index in [9.17, 15) is 0 Å². The first-order chi connectivity index (χ1) is 4.81. The molecular weight excluding hydrogens is 328 g/mol. The van der Waals surface area contributed by atoms with Gasteiger partial charge in [0.15, 0.2) is 0 Å². The van der Waals surface area contributed by atoms with Crippen molar-refractivity contribution in [1.29, 1.82) is 0 Å². The molecule has 4 heteroatoms. The van der Waals surface area contributed by atoms with Crippen LogP contribution in [0.15, 0.2) is 30.3 Å². The Labute approximate surface area is 84.7 Å². The SMILES string of the molecule is Pc1ccccc1.[Br][Zn][Br]. The summed E-state index contributed by atoms with van der Waals surface area (Å²) in [6, 6.07) is 10.1. The van der Waals surface area contributed by atoms with Crippen LogP contribution in [0, 0.1) is 0 Å². The van der Waals surface area contributed by atoms with Crippen LogP contribution in [0.2, 0.25) is 0 Å². The Bertz CT molecular complexity index is 157. The van der Waals surface area contributed by atoms with Gasteiger partial charge in [0, 0.05) is 0 Å². The van der Waals surface area contributed by atoms with Crippen molar-refractivity contribution in [3.8, 4) is 0 Å². The Morgan fingerprint density at radius 2 is 1.50 bits per heavy atom. The fourth-order valence-corrected chi connectivity index (χ4v) is 0.675. The van der Waals surface area contributed by atoms with Gasteiger partial charge in [-0.3, -0.25) is 0 Å². The van der Waals surface area contributed by atoms with Gasteiger partial charge in [-0.05, 0) is 5.30 Å². The zero-order valence-corrected chi connectivity index (χ0v) is 12.7. The molecule has 0 N–H and O–H groups in total. The van der Waals surface area contributed by atoms with Crippen LogP contribution >= 0.6 is 36.5 Å². The fourth-order valence-electron chi connectivity index (χ4n) is 0.453. The molecule has 1 aromatic rings. The zero-order valence-electron chi connectivity index (χ0n) is 5.43. The van der Waals surface area contributed by atoms with Crippen LogP contribution in [-0.4, -0.2) is 0 Å². The summed E-state index contributed by atoms with van der Waals surface area (Å²) in [6.45, 7) is 0. The van der Waals surface area contributed by atoms with E-state index in [-0.39, 0.29) is 13.2 Å². The topological polar surface area (TPSA) is 0 Å². The molecule has 1 unspecified atom stereocenters. The summed E-state index contributed by atoms with van der Waals surface area (Å²) in [5.74, 6) is 0. The van der Waals surface area contributed by atoms with E-state index in [4.69, 9.17) is 0 Å². The molecule has 0 amide bonds. The number of halogens is 2. The first kappa shape index (κ1) is 11.2. The van der Waals surface area contributed by atoms with Crippen LogP contribution in [-0.2, 0) is 13.2 Å². The molecule has 0 radical (unpaired) electrons. The van der Waals surface area contributed by atoms with Gasteiger partial charge in [-0.25, -0.2) is 0 Å². The maximum absolute atomic E-state index is 3.25. The van der Waals surface area contributed by atoms with Gasteiger partial charge in [0.25, 0.3) is 0 Å². The van der Waals surface area contributed by atoms with Crippen molar-refractivity contribution < 1.29 is 13.2 Å². The molecule has 0 saturated carbocycles. The van der Waals surface area contributed by atoms with E-state index in [1.165, 1.54) is 5.30 Å². The first-order valence-electron chi connectivity index (χ1n) is 2.73. The zero-order chi connectivity index (χ0) is 7.82. The van der Waals surface area contributed by atoms with Gasteiger partial charge in [0.1, 0.15) is 0 Å². The maximum atomic E-state index is 3.25.